The van der Waals surface area contributed by atoms with Gasteiger partial charge in [0.25, 0.3) is 0 Å². The summed E-state index contributed by atoms with van der Waals surface area (Å²) in [6, 6.07) is 0. The summed E-state index contributed by atoms with van der Waals surface area (Å²) in [4.78, 5) is 23.1. The molecule has 0 radical (unpaired) electrons. The van der Waals surface area contributed by atoms with Crippen molar-refractivity contribution in [1.29, 1.82) is 0 Å². The Bertz CT molecular complexity index is 806. The maximum Gasteiger partial charge on any atom is 0.246 e. The van der Waals surface area contributed by atoms with Crippen molar-refractivity contribution in [3.63, 3.8) is 0 Å². The molecule has 2 aliphatic heterocycles. The van der Waals surface area contributed by atoms with E-state index in [1.54, 1.807) is 15.8 Å². The number of nitrogens with zero attached hydrogens (tertiary/aromatic N) is 6. The fourth-order valence-corrected chi connectivity index (χ4v) is 4.65. The Hall–Kier alpha value is -2.14. The van der Waals surface area contributed by atoms with Crippen molar-refractivity contribution >= 4 is 27.4 Å². The minimum absolute atomic E-state index is 0.0195. The highest BCUT2D eigenvalue weighted by Crippen LogP contribution is 2.16. The minimum Gasteiger partial charge on any atom is -0.357 e. The molecule has 28 heavy (non-hydrogen) atoms. The van der Waals surface area contributed by atoms with E-state index in [2.05, 4.69) is 20.3 Å². The summed E-state index contributed by atoms with van der Waals surface area (Å²) < 4.78 is 24.7. The molecule has 2 fully saturated rings. The maximum atomic E-state index is 12.6. The summed E-state index contributed by atoms with van der Waals surface area (Å²) >= 11 is 0. The second kappa shape index (κ2) is 8.91. The standard InChI is InChI=1S/C17H29N7O3S/c1-3-18-17(19-4-5-22-8-10-28(26,27)11-9-22)23-6-7-24(16(25)14-23)15-12-20-21(2)13-15/h12-13H,3-11,14H2,1-2H3,(H,18,19). The Morgan fingerprint density at radius 3 is 2.61 bits per heavy atom. The lowest BCUT2D eigenvalue weighted by atomic mass is 10.3. The van der Waals surface area contributed by atoms with Gasteiger partial charge in [-0.3, -0.25) is 19.4 Å². The Balaban J connectivity index is 1.55. The van der Waals surface area contributed by atoms with Crippen LogP contribution in [0.4, 0.5) is 5.69 Å². The van der Waals surface area contributed by atoms with Crippen LogP contribution in [0.1, 0.15) is 6.92 Å². The molecule has 1 N–H and O–H groups in total. The number of rotatable bonds is 5. The molecule has 0 aromatic carbocycles. The third kappa shape index (κ3) is 5.22. The van der Waals surface area contributed by atoms with Crippen molar-refractivity contribution in [3.05, 3.63) is 12.4 Å². The number of aromatic nitrogens is 2. The molecule has 0 bridgehead atoms. The van der Waals surface area contributed by atoms with E-state index >= 15 is 0 Å². The summed E-state index contributed by atoms with van der Waals surface area (Å²) in [5.74, 6) is 1.20. The van der Waals surface area contributed by atoms with Gasteiger partial charge >= 0.3 is 0 Å². The van der Waals surface area contributed by atoms with E-state index in [9.17, 15) is 13.2 Å². The fraction of sp³-hybridized carbons (Fsp3) is 0.706. The third-order valence-electron chi connectivity index (χ3n) is 4.97. The number of amides is 1. The number of nitrogens with one attached hydrogen (secondary N) is 1. The van der Waals surface area contributed by atoms with Gasteiger partial charge in [-0.2, -0.15) is 5.10 Å². The monoisotopic (exact) mass is 411 g/mol. The normalized spacial score (nSPS) is 21.2. The Kier molecular flexibility index (Phi) is 6.55. The van der Waals surface area contributed by atoms with Gasteiger partial charge in [-0.15, -0.1) is 0 Å². The average molecular weight is 412 g/mol. The van der Waals surface area contributed by atoms with Crippen molar-refractivity contribution in [2.45, 2.75) is 6.92 Å². The quantitative estimate of drug-likeness (QED) is 0.478. The van der Waals surface area contributed by atoms with Crippen molar-refractivity contribution in [3.8, 4) is 0 Å². The number of anilines is 1. The van der Waals surface area contributed by atoms with Crippen LogP contribution in [0.3, 0.4) is 0 Å². The molecule has 0 unspecified atom stereocenters. The highest BCUT2D eigenvalue weighted by Gasteiger charge is 2.28. The molecular weight excluding hydrogens is 382 g/mol. The predicted octanol–water partition coefficient (Wildman–Crippen LogP) is -1.24. The Labute approximate surface area is 166 Å². The molecule has 3 rings (SSSR count). The van der Waals surface area contributed by atoms with Crippen molar-refractivity contribution in [2.24, 2.45) is 12.0 Å². The van der Waals surface area contributed by atoms with Gasteiger partial charge in [0.15, 0.2) is 15.8 Å². The summed E-state index contributed by atoms with van der Waals surface area (Å²) in [5.41, 5.74) is 0.814. The van der Waals surface area contributed by atoms with E-state index in [1.165, 1.54) is 0 Å². The number of aliphatic imine (C=N–C) groups is 1. The lowest BCUT2D eigenvalue weighted by Gasteiger charge is -2.35. The van der Waals surface area contributed by atoms with E-state index in [4.69, 9.17) is 0 Å². The molecule has 0 saturated carbocycles. The van der Waals surface area contributed by atoms with E-state index in [1.807, 2.05) is 25.1 Å². The van der Waals surface area contributed by atoms with Gasteiger partial charge in [0.05, 0.1) is 29.9 Å². The highest BCUT2D eigenvalue weighted by molar-refractivity contribution is 7.91. The molecule has 1 aromatic rings. The fourth-order valence-electron chi connectivity index (χ4n) is 3.37. The topological polar surface area (TPSA) is 103 Å². The van der Waals surface area contributed by atoms with E-state index in [0.29, 0.717) is 39.3 Å². The first-order valence-electron chi connectivity index (χ1n) is 9.63. The first kappa shape index (κ1) is 20.6. The Morgan fingerprint density at radius 1 is 1.25 bits per heavy atom. The van der Waals surface area contributed by atoms with Crippen LogP contribution < -0.4 is 10.2 Å². The molecule has 0 aliphatic carbocycles. The number of piperazine rings is 1. The lowest BCUT2D eigenvalue weighted by molar-refractivity contribution is -0.120. The Morgan fingerprint density at radius 2 is 2.00 bits per heavy atom. The number of hydrogen-bond donors (Lipinski definition) is 1. The summed E-state index contributed by atoms with van der Waals surface area (Å²) in [6.45, 7) is 6.67. The molecule has 11 heteroatoms. The number of sulfone groups is 1. The lowest BCUT2D eigenvalue weighted by Crippen LogP contribution is -2.55. The van der Waals surface area contributed by atoms with Gasteiger partial charge in [0, 0.05) is 52.5 Å². The summed E-state index contributed by atoms with van der Waals surface area (Å²) in [7, 11) is -1.03. The van der Waals surface area contributed by atoms with E-state index < -0.39 is 9.84 Å². The van der Waals surface area contributed by atoms with Crippen LogP contribution in [0.5, 0.6) is 0 Å². The summed E-state index contributed by atoms with van der Waals surface area (Å²) in [5, 5.41) is 7.39. The number of hydrogen-bond acceptors (Lipinski definition) is 6. The molecule has 10 nitrogen and oxygen atoms in total. The highest BCUT2D eigenvalue weighted by atomic mass is 32.2. The van der Waals surface area contributed by atoms with Gasteiger partial charge in [0.1, 0.15) is 6.54 Å². The molecule has 156 valence electrons. The van der Waals surface area contributed by atoms with Crippen LogP contribution >= 0.6 is 0 Å². The molecule has 2 saturated heterocycles. The zero-order valence-corrected chi connectivity index (χ0v) is 17.4. The van der Waals surface area contributed by atoms with Gasteiger partial charge in [-0.05, 0) is 6.92 Å². The number of aryl methyl sites for hydroxylation is 1. The van der Waals surface area contributed by atoms with Crippen molar-refractivity contribution in [2.75, 3.05) is 68.8 Å². The van der Waals surface area contributed by atoms with Crippen LogP contribution in [0.2, 0.25) is 0 Å². The van der Waals surface area contributed by atoms with E-state index in [-0.39, 0.29) is 24.0 Å². The van der Waals surface area contributed by atoms with Crippen LogP contribution in [-0.2, 0) is 21.7 Å². The smallest absolute Gasteiger partial charge is 0.246 e. The van der Waals surface area contributed by atoms with Crippen LogP contribution in [0, 0.1) is 0 Å². The minimum atomic E-state index is -2.86. The van der Waals surface area contributed by atoms with Crippen LogP contribution in [-0.4, -0.2) is 104 Å². The zero-order chi connectivity index (χ0) is 20.1. The summed E-state index contributed by atoms with van der Waals surface area (Å²) in [6.07, 6.45) is 3.54. The number of guanidine groups is 1. The molecule has 0 atom stereocenters. The molecule has 0 spiro atoms. The number of carbonyl (C=O) groups excluding carboxylic acids is 1. The molecule has 1 amide bonds. The molecule has 1 aromatic heterocycles. The van der Waals surface area contributed by atoms with Gasteiger partial charge in [-0.1, -0.05) is 0 Å². The molecular formula is C17H29N7O3S. The van der Waals surface area contributed by atoms with Crippen molar-refractivity contribution in [1.82, 2.24) is 24.9 Å². The average Bonchev–Trinajstić information content (AvgIpc) is 3.08. The first-order chi connectivity index (χ1) is 13.4. The SMILES string of the molecule is CCNC(=NCCN1CCS(=O)(=O)CC1)N1CCN(c2cnn(C)c2)C(=O)C1. The zero-order valence-electron chi connectivity index (χ0n) is 16.5. The third-order valence-corrected chi connectivity index (χ3v) is 6.58. The van der Waals surface area contributed by atoms with Gasteiger partial charge < -0.3 is 15.1 Å². The van der Waals surface area contributed by atoms with Gasteiger partial charge in [-0.25, -0.2) is 8.42 Å². The second-order valence-corrected chi connectivity index (χ2v) is 9.37. The maximum absolute atomic E-state index is 12.6. The van der Waals surface area contributed by atoms with E-state index in [0.717, 1.165) is 18.2 Å². The first-order valence-corrected chi connectivity index (χ1v) is 11.4. The van der Waals surface area contributed by atoms with Crippen LogP contribution in [0.25, 0.3) is 0 Å². The van der Waals surface area contributed by atoms with Crippen molar-refractivity contribution < 1.29 is 13.2 Å². The molecule has 2 aliphatic rings. The largest absolute Gasteiger partial charge is 0.357 e. The second-order valence-electron chi connectivity index (χ2n) is 7.07. The van der Waals surface area contributed by atoms with Gasteiger partial charge in [0.2, 0.25) is 5.91 Å². The number of carbonyl (C=O) groups is 1. The molecule has 3 heterocycles. The predicted molar refractivity (Wildman–Crippen MR) is 108 cm³/mol. The van der Waals surface area contributed by atoms with Crippen LogP contribution in [0.15, 0.2) is 17.4 Å².